The average molecular weight is 173 g/mol. The van der Waals surface area contributed by atoms with Gasteiger partial charge in [0.05, 0.1) is 25.4 Å². The molecule has 1 amide bonds. The Morgan fingerprint density at radius 1 is 1.75 bits per heavy atom. The average Bonchev–Trinajstić information content (AvgIpc) is 1.93. The van der Waals surface area contributed by atoms with Crippen molar-refractivity contribution in [1.82, 2.24) is 5.32 Å². The van der Waals surface area contributed by atoms with Crippen LogP contribution < -0.4 is 5.32 Å². The van der Waals surface area contributed by atoms with E-state index in [1.165, 1.54) is 0 Å². The highest BCUT2D eigenvalue weighted by molar-refractivity contribution is 5.76. The van der Waals surface area contributed by atoms with Crippen molar-refractivity contribution in [2.75, 3.05) is 13.2 Å². The van der Waals surface area contributed by atoms with Crippen molar-refractivity contribution in [3.63, 3.8) is 0 Å². The standard InChI is InChI=1S/C8H15NO3/c1-6(10)2-3-8(11)9-7-4-12-5-7/h6-7,10H,2-5H2,1H3,(H,9,11). The number of nitrogens with one attached hydrogen (secondary N) is 1. The Bertz CT molecular complexity index is 154. The van der Waals surface area contributed by atoms with E-state index in [1.807, 2.05) is 0 Å². The Morgan fingerprint density at radius 2 is 2.42 bits per heavy atom. The first-order valence-corrected chi connectivity index (χ1v) is 4.23. The van der Waals surface area contributed by atoms with Crippen LogP contribution in [0.5, 0.6) is 0 Å². The first-order valence-electron chi connectivity index (χ1n) is 4.23. The van der Waals surface area contributed by atoms with Gasteiger partial charge in [0.25, 0.3) is 0 Å². The number of aliphatic hydroxyl groups excluding tert-OH is 1. The first kappa shape index (κ1) is 9.48. The van der Waals surface area contributed by atoms with Gasteiger partial charge in [-0.15, -0.1) is 0 Å². The van der Waals surface area contributed by atoms with Crippen LogP contribution >= 0.6 is 0 Å². The molecule has 1 heterocycles. The zero-order chi connectivity index (χ0) is 8.97. The molecule has 0 aromatic rings. The predicted molar refractivity (Wildman–Crippen MR) is 43.7 cm³/mol. The number of hydrogen-bond acceptors (Lipinski definition) is 3. The molecule has 0 saturated carbocycles. The molecule has 0 radical (unpaired) electrons. The monoisotopic (exact) mass is 173 g/mol. The summed E-state index contributed by atoms with van der Waals surface area (Å²) < 4.78 is 4.90. The lowest BCUT2D eigenvalue weighted by Gasteiger charge is -2.26. The summed E-state index contributed by atoms with van der Waals surface area (Å²) in [5, 5.41) is 11.7. The highest BCUT2D eigenvalue weighted by Crippen LogP contribution is 2.01. The predicted octanol–water partition coefficient (Wildman–Crippen LogP) is -0.338. The van der Waals surface area contributed by atoms with Crippen molar-refractivity contribution < 1.29 is 14.6 Å². The summed E-state index contributed by atoms with van der Waals surface area (Å²) >= 11 is 0. The smallest absolute Gasteiger partial charge is 0.220 e. The number of carbonyl (C=O) groups excluding carboxylic acids is 1. The molecule has 4 nitrogen and oxygen atoms in total. The van der Waals surface area contributed by atoms with Gasteiger partial charge in [0.2, 0.25) is 5.91 Å². The van der Waals surface area contributed by atoms with Crippen LogP contribution in [0.15, 0.2) is 0 Å². The third-order valence-corrected chi connectivity index (χ3v) is 1.79. The van der Waals surface area contributed by atoms with Crippen LogP contribution in [0.25, 0.3) is 0 Å². The minimum Gasteiger partial charge on any atom is -0.393 e. The summed E-state index contributed by atoms with van der Waals surface area (Å²) in [4.78, 5) is 11.1. The fraction of sp³-hybridized carbons (Fsp3) is 0.875. The Kier molecular flexibility index (Phi) is 3.49. The molecule has 0 aromatic heterocycles. The summed E-state index contributed by atoms with van der Waals surface area (Å²) in [6.45, 7) is 2.93. The quantitative estimate of drug-likeness (QED) is 0.611. The normalized spacial score (nSPS) is 19.8. The van der Waals surface area contributed by atoms with Crippen molar-refractivity contribution in [2.24, 2.45) is 0 Å². The maximum atomic E-state index is 11.1. The molecule has 0 spiro atoms. The third kappa shape index (κ3) is 3.19. The van der Waals surface area contributed by atoms with Gasteiger partial charge in [-0.1, -0.05) is 0 Å². The fourth-order valence-electron chi connectivity index (χ4n) is 0.959. The van der Waals surface area contributed by atoms with E-state index in [-0.39, 0.29) is 11.9 Å². The molecule has 70 valence electrons. The highest BCUT2D eigenvalue weighted by Gasteiger charge is 2.19. The lowest BCUT2D eigenvalue weighted by atomic mass is 10.2. The van der Waals surface area contributed by atoms with Crippen molar-refractivity contribution in [3.8, 4) is 0 Å². The number of ether oxygens (including phenoxy) is 1. The summed E-state index contributed by atoms with van der Waals surface area (Å²) in [6.07, 6.45) is 0.529. The van der Waals surface area contributed by atoms with Crippen molar-refractivity contribution in [1.29, 1.82) is 0 Å². The molecule has 0 aliphatic carbocycles. The zero-order valence-electron chi connectivity index (χ0n) is 7.25. The number of amides is 1. The van der Waals surface area contributed by atoms with E-state index in [0.29, 0.717) is 26.1 Å². The SMILES string of the molecule is CC(O)CCC(=O)NC1COC1. The summed E-state index contributed by atoms with van der Waals surface area (Å²) in [5.41, 5.74) is 0. The van der Waals surface area contributed by atoms with Crippen LogP contribution in [0.1, 0.15) is 19.8 Å². The highest BCUT2D eigenvalue weighted by atomic mass is 16.5. The Labute approximate surface area is 71.9 Å². The van der Waals surface area contributed by atoms with Crippen LogP contribution in [0.3, 0.4) is 0 Å². The van der Waals surface area contributed by atoms with E-state index >= 15 is 0 Å². The van der Waals surface area contributed by atoms with Crippen LogP contribution in [0.2, 0.25) is 0 Å². The van der Waals surface area contributed by atoms with E-state index in [2.05, 4.69) is 5.32 Å². The summed E-state index contributed by atoms with van der Waals surface area (Å²) in [5.74, 6) is 0.00389. The molecular weight excluding hydrogens is 158 g/mol. The van der Waals surface area contributed by atoms with Gasteiger partial charge in [0.1, 0.15) is 0 Å². The Hall–Kier alpha value is -0.610. The van der Waals surface area contributed by atoms with Gasteiger partial charge >= 0.3 is 0 Å². The molecule has 4 heteroatoms. The second-order valence-electron chi connectivity index (χ2n) is 3.19. The molecule has 1 rings (SSSR count). The van der Waals surface area contributed by atoms with Crippen LogP contribution in [-0.2, 0) is 9.53 Å². The van der Waals surface area contributed by atoms with Gasteiger partial charge in [-0.05, 0) is 13.3 Å². The molecule has 12 heavy (non-hydrogen) atoms. The van der Waals surface area contributed by atoms with Gasteiger partial charge in [0, 0.05) is 6.42 Å². The Balaban J connectivity index is 2.03. The summed E-state index contributed by atoms with van der Waals surface area (Å²) in [6, 6.07) is 0.200. The fourth-order valence-corrected chi connectivity index (χ4v) is 0.959. The molecule has 1 aliphatic rings. The van der Waals surface area contributed by atoms with E-state index in [1.54, 1.807) is 6.92 Å². The van der Waals surface area contributed by atoms with Crippen LogP contribution in [0, 0.1) is 0 Å². The van der Waals surface area contributed by atoms with Gasteiger partial charge in [-0.3, -0.25) is 4.79 Å². The largest absolute Gasteiger partial charge is 0.393 e. The molecular formula is C8H15NO3. The molecule has 1 unspecified atom stereocenters. The molecule has 1 atom stereocenters. The molecule has 1 fully saturated rings. The molecule has 2 N–H and O–H groups in total. The van der Waals surface area contributed by atoms with Crippen LogP contribution in [0.4, 0.5) is 0 Å². The number of hydrogen-bond donors (Lipinski definition) is 2. The van der Waals surface area contributed by atoms with E-state index in [4.69, 9.17) is 9.84 Å². The lowest BCUT2D eigenvalue weighted by Crippen LogP contribution is -2.48. The maximum absolute atomic E-state index is 11.1. The van der Waals surface area contributed by atoms with Gasteiger partial charge in [-0.25, -0.2) is 0 Å². The van der Waals surface area contributed by atoms with Crippen molar-refractivity contribution in [3.05, 3.63) is 0 Å². The van der Waals surface area contributed by atoms with Crippen molar-refractivity contribution in [2.45, 2.75) is 31.9 Å². The molecule has 0 bridgehead atoms. The number of carbonyl (C=O) groups is 1. The minimum absolute atomic E-state index is 0.00389. The zero-order valence-corrected chi connectivity index (χ0v) is 7.25. The van der Waals surface area contributed by atoms with Gasteiger partial charge in [0.15, 0.2) is 0 Å². The number of rotatable bonds is 4. The number of aliphatic hydroxyl groups is 1. The van der Waals surface area contributed by atoms with E-state index in [9.17, 15) is 4.79 Å². The Morgan fingerprint density at radius 3 is 2.83 bits per heavy atom. The third-order valence-electron chi connectivity index (χ3n) is 1.79. The molecule has 1 saturated heterocycles. The maximum Gasteiger partial charge on any atom is 0.220 e. The second kappa shape index (κ2) is 4.42. The van der Waals surface area contributed by atoms with E-state index in [0.717, 1.165) is 0 Å². The summed E-state index contributed by atoms with van der Waals surface area (Å²) in [7, 11) is 0. The van der Waals surface area contributed by atoms with Gasteiger partial charge in [-0.2, -0.15) is 0 Å². The topological polar surface area (TPSA) is 58.6 Å². The first-order chi connectivity index (χ1) is 5.68. The molecule has 1 aliphatic heterocycles. The second-order valence-corrected chi connectivity index (χ2v) is 3.19. The minimum atomic E-state index is -0.395. The van der Waals surface area contributed by atoms with E-state index < -0.39 is 6.10 Å². The molecule has 0 aromatic carbocycles. The van der Waals surface area contributed by atoms with Gasteiger partial charge < -0.3 is 15.2 Å². The lowest BCUT2D eigenvalue weighted by molar-refractivity contribution is -0.125. The van der Waals surface area contributed by atoms with Crippen molar-refractivity contribution >= 4 is 5.91 Å². The van der Waals surface area contributed by atoms with Crippen LogP contribution in [-0.4, -0.2) is 36.4 Å².